The fourth-order valence-corrected chi connectivity index (χ4v) is 3.68. The summed E-state index contributed by atoms with van der Waals surface area (Å²) in [6.07, 6.45) is 0.707. The van der Waals surface area contributed by atoms with Gasteiger partial charge in [0.05, 0.1) is 5.02 Å². The van der Waals surface area contributed by atoms with Crippen LogP contribution in [0.15, 0.2) is 18.3 Å². The molecule has 0 spiro atoms. The van der Waals surface area contributed by atoms with Gasteiger partial charge >= 0.3 is 15.2 Å². The molecule has 7 nitrogen and oxygen atoms in total. The minimum absolute atomic E-state index is 0.144. The summed E-state index contributed by atoms with van der Waals surface area (Å²) >= 11 is 5.56. The third-order valence-electron chi connectivity index (χ3n) is 1.96. The highest BCUT2D eigenvalue weighted by atomic mass is 35.5. The van der Waals surface area contributed by atoms with Crippen molar-refractivity contribution in [3.05, 3.63) is 29.0 Å². The van der Waals surface area contributed by atoms with Crippen LogP contribution in [0.4, 0.5) is 0 Å². The molecule has 0 unspecified atom stereocenters. The van der Waals surface area contributed by atoms with Crippen molar-refractivity contribution in [1.82, 2.24) is 4.98 Å². The van der Waals surface area contributed by atoms with Gasteiger partial charge in [0.2, 0.25) is 0 Å². The van der Waals surface area contributed by atoms with Gasteiger partial charge in [0.1, 0.15) is 0 Å². The molecule has 0 amide bonds. The molecule has 0 fully saturated rings. The van der Waals surface area contributed by atoms with Crippen LogP contribution in [0.5, 0.6) is 0 Å². The summed E-state index contributed by atoms with van der Waals surface area (Å²) in [6, 6.07) is 2.76. The van der Waals surface area contributed by atoms with Gasteiger partial charge in [-0.15, -0.1) is 0 Å². The van der Waals surface area contributed by atoms with Gasteiger partial charge in [0, 0.05) is 18.3 Å². The Labute approximate surface area is 102 Å². The lowest BCUT2D eigenvalue weighted by molar-refractivity contribution is 0.337. The maximum Gasteiger partial charge on any atom is 0.341 e. The first-order chi connectivity index (χ1) is 7.60. The van der Waals surface area contributed by atoms with Gasteiger partial charge in [0.25, 0.3) is 0 Å². The molecule has 1 heterocycles. The van der Waals surface area contributed by atoms with Crippen LogP contribution < -0.4 is 0 Å². The molecule has 0 atom stereocenters. The number of pyridine rings is 1. The van der Waals surface area contributed by atoms with E-state index in [1.54, 1.807) is 0 Å². The summed E-state index contributed by atoms with van der Waals surface area (Å²) in [7, 11) is -9.82. The fourth-order valence-electron chi connectivity index (χ4n) is 1.15. The van der Waals surface area contributed by atoms with Gasteiger partial charge in [-0.2, -0.15) is 0 Å². The lowest BCUT2D eigenvalue weighted by atomic mass is 10.3. The first-order valence-electron chi connectivity index (χ1n) is 4.31. The molecule has 96 valence electrons. The largest absolute Gasteiger partial charge is 0.341 e. The highest BCUT2D eigenvalue weighted by Gasteiger charge is 2.43. The summed E-state index contributed by atoms with van der Waals surface area (Å²) in [5.41, 5.74) is 0.144. The summed E-state index contributed by atoms with van der Waals surface area (Å²) in [5, 5.41) is -1.76. The third-order valence-corrected chi connectivity index (χ3v) is 5.90. The Hall–Kier alpha value is -0.260. The van der Waals surface area contributed by atoms with Crippen LogP contribution in [-0.2, 0) is 15.6 Å². The van der Waals surface area contributed by atoms with Gasteiger partial charge in [-0.05, 0) is 12.1 Å². The van der Waals surface area contributed by atoms with Gasteiger partial charge in [-0.25, -0.2) is 0 Å². The Morgan fingerprint density at radius 1 is 1.18 bits per heavy atom. The standard InChI is InChI=1S/C7H10ClNO6P2/c8-5-1-2-6(9-4-5)3-7(16(10,11)12)17(13,14)15/h1-2,4,7H,3H2,(H2,10,11,12)(H2,13,14,15). The molecule has 0 aliphatic carbocycles. The van der Waals surface area contributed by atoms with Gasteiger partial charge < -0.3 is 19.6 Å². The number of nitrogens with zero attached hydrogens (tertiary/aromatic N) is 1. The van der Waals surface area contributed by atoms with Crippen molar-refractivity contribution < 1.29 is 28.7 Å². The maximum atomic E-state index is 11.0. The van der Waals surface area contributed by atoms with Crippen molar-refractivity contribution in [3.63, 3.8) is 0 Å². The Morgan fingerprint density at radius 2 is 1.71 bits per heavy atom. The Morgan fingerprint density at radius 3 is 2.06 bits per heavy atom. The zero-order valence-electron chi connectivity index (χ0n) is 8.34. The van der Waals surface area contributed by atoms with E-state index in [4.69, 9.17) is 31.2 Å². The molecule has 0 saturated carbocycles. The smallest absolute Gasteiger partial charge is 0.324 e. The van der Waals surface area contributed by atoms with E-state index in [1.165, 1.54) is 18.3 Å². The van der Waals surface area contributed by atoms with E-state index in [-0.39, 0.29) is 5.69 Å². The quantitative estimate of drug-likeness (QED) is 0.610. The van der Waals surface area contributed by atoms with Crippen molar-refractivity contribution in [3.8, 4) is 0 Å². The zero-order chi connectivity index (χ0) is 13.3. The predicted octanol–water partition coefficient (Wildman–Crippen LogP) is 0.959. The molecule has 0 bridgehead atoms. The molecule has 1 aromatic heterocycles. The maximum absolute atomic E-state index is 11.0. The molecule has 0 saturated heterocycles. The van der Waals surface area contributed by atoms with Crippen molar-refractivity contribution >= 4 is 26.8 Å². The lowest BCUT2D eigenvalue weighted by Crippen LogP contribution is -2.13. The van der Waals surface area contributed by atoms with E-state index in [0.29, 0.717) is 5.02 Å². The van der Waals surface area contributed by atoms with Crippen LogP contribution in [0.1, 0.15) is 5.69 Å². The second-order valence-corrected chi connectivity index (χ2v) is 7.78. The molecule has 1 aromatic rings. The second kappa shape index (κ2) is 5.16. The van der Waals surface area contributed by atoms with Crippen molar-refractivity contribution in [2.75, 3.05) is 0 Å². The predicted molar refractivity (Wildman–Crippen MR) is 60.8 cm³/mol. The summed E-state index contributed by atoms with van der Waals surface area (Å²) in [4.78, 5) is 39.3. The minimum atomic E-state index is -4.91. The Balaban J connectivity index is 3.00. The van der Waals surface area contributed by atoms with Crippen LogP contribution in [-0.4, -0.2) is 30.0 Å². The van der Waals surface area contributed by atoms with Crippen LogP contribution in [0.2, 0.25) is 5.02 Å². The van der Waals surface area contributed by atoms with Crippen LogP contribution in [0.25, 0.3) is 0 Å². The zero-order valence-corrected chi connectivity index (χ0v) is 10.9. The highest BCUT2D eigenvalue weighted by Crippen LogP contribution is 2.60. The number of rotatable bonds is 4. The first kappa shape index (κ1) is 14.8. The number of hydrogen-bond acceptors (Lipinski definition) is 3. The van der Waals surface area contributed by atoms with E-state index in [0.717, 1.165) is 0 Å². The highest BCUT2D eigenvalue weighted by molar-refractivity contribution is 7.70. The Kier molecular flexibility index (Phi) is 4.49. The number of halogens is 1. The molecular formula is C7H10ClNO6P2. The van der Waals surface area contributed by atoms with Crippen LogP contribution in [0, 0.1) is 0 Å². The van der Waals surface area contributed by atoms with Crippen LogP contribution in [0.3, 0.4) is 0 Å². The molecular weight excluding hydrogens is 291 g/mol. The molecule has 0 radical (unpaired) electrons. The first-order valence-corrected chi connectivity index (χ1v) is 8.05. The summed E-state index contributed by atoms with van der Waals surface area (Å²) in [6.45, 7) is 0. The average Bonchev–Trinajstić information content (AvgIpc) is 2.13. The summed E-state index contributed by atoms with van der Waals surface area (Å²) < 4.78 is 22.0. The average molecular weight is 302 g/mol. The van der Waals surface area contributed by atoms with Crippen molar-refractivity contribution in [1.29, 1.82) is 0 Å². The normalized spacial score (nSPS) is 13.1. The number of hydrogen-bond donors (Lipinski definition) is 4. The molecule has 0 aromatic carbocycles. The lowest BCUT2D eigenvalue weighted by Gasteiger charge is -2.18. The molecule has 4 N–H and O–H groups in total. The van der Waals surface area contributed by atoms with Crippen molar-refractivity contribution in [2.24, 2.45) is 0 Å². The van der Waals surface area contributed by atoms with Gasteiger partial charge in [-0.1, -0.05) is 11.6 Å². The second-order valence-electron chi connectivity index (χ2n) is 3.33. The van der Waals surface area contributed by atoms with Gasteiger partial charge in [0.15, 0.2) is 5.40 Å². The monoisotopic (exact) mass is 301 g/mol. The van der Waals surface area contributed by atoms with E-state index >= 15 is 0 Å². The molecule has 0 aliphatic rings. The molecule has 0 aliphatic heterocycles. The fraction of sp³-hybridized carbons (Fsp3) is 0.286. The molecule has 10 heteroatoms. The third kappa shape index (κ3) is 4.48. The molecule has 17 heavy (non-hydrogen) atoms. The van der Waals surface area contributed by atoms with E-state index in [9.17, 15) is 9.13 Å². The Bertz CT molecular complexity index is 458. The van der Waals surface area contributed by atoms with E-state index < -0.39 is 27.0 Å². The number of aromatic nitrogens is 1. The molecule has 1 rings (SSSR count). The van der Waals surface area contributed by atoms with Crippen LogP contribution >= 0.6 is 26.8 Å². The van der Waals surface area contributed by atoms with Crippen molar-refractivity contribution in [2.45, 2.75) is 11.8 Å². The summed E-state index contributed by atoms with van der Waals surface area (Å²) in [5.74, 6) is 0. The van der Waals surface area contributed by atoms with Gasteiger partial charge in [-0.3, -0.25) is 14.1 Å². The minimum Gasteiger partial charge on any atom is -0.324 e. The topological polar surface area (TPSA) is 128 Å². The SMILES string of the molecule is O=P(O)(O)C(Cc1ccc(Cl)cn1)P(=O)(O)O. The van der Waals surface area contributed by atoms with E-state index in [2.05, 4.69) is 4.98 Å². The van der Waals surface area contributed by atoms with E-state index in [1.807, 2.05) is 0 Å².